The molecule has 0 bridgehead atoms. The van der Waals surface area contributed by atoms with E-state index in [1.54, 1.807) is 12.1 Å². The van der Waals surface area contributed by atoms with Crippen molar-refractivity contribution >= 4 is 11.9 Å². The number of hydrogen-bond acceptors (Lipinski definition) is 5. The van der Waals surface area contributed by atoms with Crippen molar-refractivity contribution < 1.29 is 28.9 Å². The molecule has 19 heavy (non-hydrogen) atoms. The van der Waals surface area contributed by atoms with Gasteiger partial charge in [-0.05, 0) is 12.1 Å². The Labute approximate surface area is 110 Å². The van der Waals surface area contributed by atoms with Crippen LogP contribution in [-0.4, -0.2) is 37.1 Å². The van der Waals surface area contributed by atoms with E-state index in [0.717, 1.165) is 6.08 Å². The molecule has 102 valence electrons. The maximum absolute atomic E-state index is 10.9. The van der Waals surface area contributed by atoms with Gasteiger partial charge in [0.2, 0.25) is 0 Å². The SMILES string of the molecule is C=CC(=O)OCCOCOc1ccccc1C(=O)O. The first kappa shape index (κ1) is 14.7. The highest BCUT2D eigenvalue weighted by Gasteiger charge is 2.09. The second kappa shape index (κ2) is 7.88. The molecule has 1 aromatic carbocycles. The molecule has 0 unspecified atom stereocenters. The van der Waals surface area contributed by atoms with E-state index in [0.29, 0.717) is 0 Å². The summed E-state index contributed by atoms with van der Waals surface area (Å²) in [6.45, 7) is 3.34. The van der Waals surface area contributed by atoms with E-state index in [-0.39, 0.29) is 31.3 Å². The molecule has 0 amide bonds. The Hall–Kier alpha value is -2.34. The van der Waals surface area contributed by atoms with Crippen molar-refractivity contribution in [3.05, 3.63) is 42.5 Å². The maximum atomic E-state index is 10.9. The predicted octanol–water partition coefficient (Wildman–Crippen LogP) is 1.47. The molecular weight excluding hydrogens is 252 g/mol. The van der Waals surface area contributed by atoms with E-state index in [2.05, 4.69) is 11.3 Å². The van der Waals surface area contributed by atoms with Gasteiger partial charge in [0.05, 0.1) is 6.61 Å². The van der Waals surface area contributed by atoms with Crippen LogP contribution in [0.1, 0.15) is 10.4 Å². The number of hydrogen-bond donors (Lipinski definition) is 1. The van der Waals surface area contributed by atoms with Crippen molar-refractivity contribution in [3.8, 4) is 5.75 Å². The van der Waals surface area contributed by atoms with E-state index < -0.39 is 11.9 Å². The number of carbonyl (C=O) groups excluding carboxylic acids is 1. The van der Waals surface area contributed by atoms with E-state index in [4.69, 9.17) is 14.6 Å². The lowest BCUT2D eigenvalue weighted by Gasteiger charge is -2.09. The molecule has 0 heterocycles. The van der Waals surface area contributed by atoms with Crippen molar-refractivity contribution in [2.45, 2.75) is 0 Å². The number of para-hydroxylation sites is 1. The molecular formula is C13H14O6. The minimum atomic E-state index is -1.07. The Bertz CT molecular complexity index is 454. The molecule has 6 heteroatoms. The Balaban J connectivity index is 2.28. The minimum Gasteiger partial charge on any atom is -0.478 e. The van der Waals surface area contributed by atoms with Crippen LogP contribution in [0.4, 0.5) is 0 Å². The standard InChI is InChI=1S/C13H14O6/c1-2-12(14)18-8-7-17-9-19-11-6-4-3-5-10(11)13(15)16/h2-6H,1,7-9H2,(H,15,16). The third kappa shape index (κ3) is 5.22. The van der Waals surface area contributed by atoms with Crippen LogP contribution in [0.25, 0.3) is 0 Å². The fourth-order valence-corrected chi connectivity index (χ4v) is 1.19. The first-order valence-corrected chi connectivity index (χ1v) is 5.47. The summed E-state index contributed by atoms with van der Waals surface area (Å²) < 4.78 is 14.9. The van der Waals surface area contributed by atoms with Gasteiger partial charge in [0.15, 0.2) is 6.79 Å². The van der Waals surface area contributed by atoms with Crippen LogP contribution in [0.15, 0.2) is 36.9 Å². The molecule has 0 aliphatic heterocycles. The summed E-state index contributed by atoms with van der Waals surface area (Å²) in [5.74, 6) is -1.38. The number of ether oxygens (including phenoxy) is 3. The van der Waals surface area contributed by atoms with Crippen LogP contribution in [0.2, 0.25) is 0 Å². The van der Waals surface area contributed by atoms with Gasteiger partial charge in [0.1, 0.15) is 17.9 Å². The number of carboxylic acid groups (broad SMARTS) is 1. The molecule has 0 saturated carbocycles. The largest absolute Gasteiger partial charge is 0.478 e. The summed E-state index contributed by atoms with van der Waals surface area (Å²) in [7, 11) is 0. The zero-order chi connectivity index (χ0) is 14.1. The number of esters is 1. The molecule has 1 aromatic rings. The maximum Gasteiger partial charge on any atom is 0.339 e. The van der Waals surface area contributed by atoms with Gasteiger partial charge in [-0.15, -0.1) is 0 Å². The van der Waals surface area contributed by atoms with Gasteiger partial charge in [0.25, 0.3) is 0 Å². The first-order valence-electron chi connectivity index (χ1n) is 5.47. The van der Waals surface area contributed by atoms with E-state index in [1.165, 1.54) is 12.1 Å². The molecule has 0 aliphatic carbocycles. The third-order valence-electron chi connectivity index (χ3n) is 2.05. The van der Waals surface area contributed by atoms with E-state index in [1.807, 2.05) is 0 Å². The number of carboxylic acids is 1. The summed E-state index contributed by atoms with van der Waals surface area (Å²) >= 11 is 0. The highest BCUT2D eigenvalue weighted by Crippen LogP contribution is 2.17. The van der Waals surface area contributed by atoms with Crippen LogP contribution in [0.5, 0.6) is 5.75 Å². The minimum absolute atomic E-state index is 0.0594. The first-order chi connectivity index (χ1) is 9.15. The summed E-state index contributed by atoms with van der Waals surface area (Å²) in [5, 5.41) is 8.91. The summed E-state index contributed by atoms with van der Waals surface area (Å²) in [5.41, 5.74) is 0.0594. The average Bonchev–Trinajstić information content (AvgIpc) is 2.42. The highest BCUT2D eigenvalue weighted by atomic mass is 16.7. The molecule has 0 spiro atoms. The van der Waals surface area contributed by atoms with Crippen LogP contribution >= 0.6 is 0 Å². The Morgan fingerprint density at radius 2 is 2.00 bits per heavy atom. The number of aromatic carboxylic acids is 1. The average molecular weight is 266 g/mol. The van der Waals surface area contributed by atoms with Gasteiger partial charge in [-0.25, -0.2) is 9.59 Å². The number of benzene rings is 1. The van der Waals surface area contributed by atoms with Gasteiger partial charge in [0, 0.05) is 6.08 Å². The van der Waals surface area contributed by atoms with E-state index in [9.17, 15) is 9.59 Å². The lowest BCUT2D eigenvalue weighted by Crippen LogP contribution is -2.12. The lowest BCUT2D eigenvalue weighted by atomic mass is 10.2. The number of rotatable bonds is 8. The van der Waals surface area contributed by atoms with Crippen LogP contribution in [-0.2, 0) is 14.3 Å². The molecule has 6 nitrogen and oxygen atoms in total. The smallest absolute Gasteiger partial charge is 0.339 e. The summed E-state index contributed by atoms with van der Waals surface area (Å²) in [6, 6.07) is 6.23. The van der Waals surface area contributed by atoms with Gasteiger partial charge < -0.3 is 19.3 Å². The second-order valence-corrected chi connectivity index (χ2v) is 3.34. The molecule has 0 aromatic heterocycles. The molecule has 0 fully saturated rings. The Kier molecular flexibility index (Phi) is 6.11. The zero-order valence-electron chi connectivity index (χ0n) is 10.2. The quantitative estimate of drug-likeness (QED) is 0.332. The number of carbonyl (C=O) groups is 2. The summed E-state index contributed by atoms with van der Waals surface area (Å²) in [6.07, 6.45) is 1.06. The normalized spacial score (nSPS) is 9.68. The Morgan fingerprint density at radius 3 is 2.68 bits per heavy atom. The third-order valence-corrected chi connectivity index (χ3v) is 2.05. The molecule has 0 atom stereocenters. The predicted molar refractivity (Wildman–Crippen MR) is 66.0 cm³/mol. The molecule has 1 rings (SSSR count). The van der Waals surface area contributed by atoms with Gasteiger partial charge in [-0.2, -0.15) is 0 Å². The van der Waals surface area contributed by atoms with Crippen LogP contribution < -0.4 is 4.74 Å². The van der Waals surface area contributed by atoms with Gasteiger partial charge in [-0.3, -0.25) is 0 Å². The summed E-state index contributed by atoms with van der Waals surface area (Å²) in [4.78, 5) is 21.6. The van der Waals surface area contributed by atoms with Crippen molar-refractivity contribution in [1.29, 1.82) is 0 Å². The monoisotopic (exact) mass is 266 g/mol. The molecule has 0 aliphatic rings. The van der Waals surface area contributed by atoms with Crippen molar-refractivity contribution in [3.63, 3.8) is 0 Å². The highest BCUT2D eigenvalue weighted by molar-refractivity contribution is 5.90. The molecule has 0 saturated heterocycles. The van der Waals surface area contributed by atoms with Crippen LogP contribution in [0.3, 0.4) is 0 Å². The Morgan fingerprint density at radius 1 is 1.26 bits per heavy atom. The van der Waals surface area contributed by atoms with Crippen molar-refractivity contribution in [1.82, 2.24) is 0 Å². The fraction of sp³-hybridized carbons (Fsp3) is 0.231. The van der Waals surface area contributed by atoms with Crippen molar-refractivity contribution in [2.75, 3.05) is 20.0 Å². The topological polar surface area (TPSA) is 82.1 Å². The van der Waals surface area contributed by atoms with Gasteiger partial charge >= 0.3 is 11.9 Å². The van der Waals surface area contributed by atoms with Crippen LogP contribution in [0, 0.1) is 0 Å². The van der Waals surface area contributed by atoms with Crippen molar-refractivity contribution in [2.24, 2.45) is 0 Å². The lowest BCUT2D eigenvalue weighted by molar-refractivity contribution is -0.140. The fourth-order valence-electron chi connectivity index (χ4n) is 1.19. The second-order valence-electron chi connectivity index (χ2n) is 3.34. The van der Waals surface area contributed by atoms with Gasteiger partial charge in [-0.1, -0.05) is 18.7 Å². The molecule has 0 radical (unpaired) electrons. The van der Waals surface area contributed by atoms with E-state index >= 15 is 0 Å². The molecule has 1 N–H and O–H groups in total. The zero-order valence-corrected chi connectivity index (χ0v) is 10.2.